The molecule has 2 aliphatic carbocycles. The van der Waals surface area contributed by atoms with Crippen LogP contribution in [0.2, 0.25) is 0 Å². The average Bonchev–Trinajstić information content (AvgIpc) is 2.48. The molecule has 3 nitrogen and oxygen atoms in total. The Balaban J connectivity index is 2.39. The molecule has 0 aromatic heterocycles. The van der Waals surface area contributed by atoms with Gasteiger partial charge in [-0.3, -0.25) is 4.79 Å². The van der Waals surface area contributed by atoms with Crippen LogP contribution in [0.5, 0.6) is 0 Å². The maximum Gasteiger partial charge on any atom is 0.142 e. The maximum absolute atomic E-state index is 12.7. The van der Waals surface area contributed by atoms with E-state index in [0.29, 0.717) is 12.8 Å². The first-order valence-electron chi connectivity index (χ1n) is 7.15. The van der Waals surface area contributed by atoms with E-state index in [1.54, 1.807) is 6.92 Å². The number of ketones is 1. The molecule has 0 aromatic rings. The predicted octanol–water partition coefficient (Wildman–Crippen LogP) is 2.15. The van der Waals surface area contributed by atoms with Crippen LogP contribution in [0.4, 0.5) is 0 Å². The number of Topliss-reactive ketones (excluding diaryl/α,β-unsaturated/α-hetero) is 1. The van der Waals surface area contributed by atoms with E-state index < -0.39 is 11.2 Å². The van der Waals surface area contributed by atoms with Crippen LogP contribution < -0.4 is 0 Å². The first kappa shape index (κ1) is 14.0. The molecule has 0 saturated heterocycles. The summed E-state index contributed by atoms with van der Waals surface area (Å²) in [5.41, 5.74) is -1.76. The second kappa shape index (κ2) is 4.31. The lowest BCUT2D eigenvalue weighted by molar-refractivity contribution is -0.138. The third-order valence-corrected chi connectivity index (χ3v) is 5.27. The molecule has 2 aliphatic rings. The van der Waals surface area contributed by atoms with E-state index in [4.69, 9.17) is 0 Å². The Hall–Kier alpha value is -0.410. The minimum absolute atomic E-state index is 0.0175. The minimum Gasteiger partial charge on any atom is -0.390 e. The fraction of sp³-hybridized carbons (Fsp3) is 0.933. The molecular formula is C15H26O3. The Labute approximate surface area is 110 Å². The molecule has 2 rings (SSSR count). The summed E-state index contributed by atoms with van der Waals surface area (Å²) in [4.78, 5) is 12.7. The highest BCUT2D eigenvalue weighted by molar-refractivity contribution is 5.86. The van der Waals surface area contributed by atoms with Crippen molar-refractivity contribution in [3.63, 3.8) is 0 Å². The molecule has 0 spiro atoms. The lowest BCUT2D eigenvalue weighted by Crippen LogP contribution is -2.45. The van der Waals surface area contributed by atoms with Crippen LogP contribution in [-0.4, -0.2) is 27.2 Å². The summed E-state index contributed by atoms with van der Waals surface area (Å²) >= 11 is 0. The number of fused-ring (bicyclic) bond motifs is 1. The fourth-order valence-electron chi connectivity index (χ4n) is 4.05. The van der Waals surface area contributed by atoms with E-state index in [1.165, 1.54) is 0 Å². The molecule has 0 heterocycles. The molecule has 0 bridgehead atoms. The van der Waals surface area contributed by atoms with Gasteiger partial charge in [0, 0.05) is 5.92 Å². The molecule has 0 amide bonds. The van der Waals surface area contributed by atoms with Crippen molar-refractivity contribution in [3.05, 3.63) is 0 Å². The first-order chi connectivity index (χ1) is 8.17. The quantitative estimate of drug-likeness (QED) is 0.754. The van der Waals surface area contributed by atoms with Crippen molar-refractivity contribution in [2.45, 2.75) is 64.6 Å². The van der Waals surface area contributed by atoms with Gasteiger partial charge in [-0.15, -0.1) is 0 Å². The molecule has 18 heavy (non-hydrogen) atoms. The molecule has 3 heteroatoms. The molecule has 0 aromatic carbocycles. The second-order valence-electron chi connectivity index (χ2n) is 7.13. The number of carbonyl (C=O) groups is 1. The molecule has 0 radical (unpaired) electrons. The lowest BCUT2D eigenvalue weighted by atomic mass is 9.74. The minimum atomic E-state index is -0.941. The van der Waals surface area contributed by atoms with Crippen LogP contribution in [0, 0.1) is 23.7 Å². The second-order valence-corrected chi connectivity index (χ2v) is 7.13. The highest BCUT2D eigenvalue weighted by Crippen LogP contribution is 2.51. The van der Waals surface area contributed by atoms with Crippen molar-refractivity contribution in [1.29, 1.82) is 0 Å². The predicted molar refractivity (Wildman–Crippen MR) is 70.0 cm³/mol. The molecule has 0 aliphatic heterocycles. The van der Waals surface area contributed by atoms with Crippen molar-refractivity contribution in [3.8, 4) is 0 Å². The number of carbonyl (C=O) groups excluding carboxylic acids is 1. The Bertz CT molecular complexity index is 344. The van der Waals surface area contributed by atoms with Gasteiger partial charge in [-0.05, 0) is 51.4 Å². The lowest BCUT2D eigenvalue weighted by Gasteiger charge is -2.34. The van der Waals surface area contributed by atoms with Gasteiger partial charge in [0.05, 0.1) is 17.1 Å². The van der Waals surface area contributed by atoms with Crippen LogP contribution in [0.15, 0.2) is 0 Å². The molecular weight excluding hydrogens is 228 g/mol. The number of hydrogen-bond acceptors (Lipinski definition) is 3. The van der Waals surface area contributed by atoms with Crippen LogP contribution in [0.1, 0.15) is 53.4 Å². The largest absolute Gasteiger partial charge is 0.390 e. The van der Waals surface area contributed by atoms with E-state index in [-0.39, 0.29) is 29.5 Å². The molecule has 5 atom stereocenters. The van der Waals surface area contributed by atoms with Gasteiger partial charge in [-0.2, -0.15) is 0 Å². The fourth-order valence-corrected chi connectivity index (χ4v) is 4.05. The topological polar surface area (TPSA) is 57.5 Å². The van der Waals surface area contributed by atoms with Crippen molar-refractivity contribution in [1.82, 2.24) is 0 Å². The average molecular weight is 254 g/mol. The number of aliphatic hydroxyl groups is 2. The van der Waals surface area contributed by atoms with Gasteiger partial charge in [-0.1, -0.05) is 13.8 Å². The Morgan fingerprint density at radius 3 is 2.22 bits per heavy atom. The van der Waals surface area contributed by atoms with Crippen LogP contribution in [0.25, 0.3) is 0 Å². The van der Waals surface area contributed by atoms with Gasteiger partial charge < -0.3 is 10.2 Å². The number of hydrogen-bond donors (Lipinski definition) is 2. The summed E-state index contributed by atoms with van der Waals surface area (Å²) in [5.74, 6) is -0.0269. The summed E-state index contributed by atoms with van der Waals surface area (Å²) in [7, 11) is 0. The zero-order valence-electron chi connectivity index (χ0n) is 11.9. The maximum atomic E-state index is 12.7. The van der Waals surface area contributed by atoms with E-state index >= 15 is 0 Å². The van der Waals surface area contributed by atoms with Crippen LogP contribution >= 0.6 is 0 Å². The van der Waals surface area contributed by atoms with E-state index in [0.717, 1.165) is 12.8 Å². The van der Waals surface area contributed by atoms with Crippen molar-refractivity contribution < 1.29 is 15.0 Å². The number of rotatable bonds is 1. The van der Waals surface area contributed by atoms with Crippen molar-refractivity contribution in [2.75, 3.05) is 0 Å². The van der Waals surface area contributed by atoms with Crippen molar-refractivity contribution in [2.24, 2.45) is 23.7 Å². The highest BCUT2D eigenvalue weighted by Gasteiger charge is 2.56. The van der Waals surface area contributed by atoms with Crippen LogP contribution in [-0.2, 0) is 4.79 Å². The summed E-state index contributed by atoms with van der Waals surface area (Å²) in [6, 6.07) is 0. The third-order valence-electron chi connectivity index (χ3n) is 5.27. The zero-order chi connectivity index (χ0) is 13.7. The van der Waals surface area contributed by atoms with Gasteiger partial charge in [0.25, 0.3) is 0 Å². The molecule has 2 saturated carbocycles. The van der Waals surface area contributed by atoms with Crippen LogP contribution in [0.3, 0.4) is 0 Å². The highest BCUT2D eigenvalue weighted by atomic mass is 16.3. The standard InChI is InChI=1S/C15H26O3/c1-9(2)10-5-7-14(3,17)11-6-8-15(4,18)12(11)13(10)16/h9-12,17-18H,5-8H2,1-4H3. The Morgan fingerprint density at radius 2 is 1.67 bits per heavy atom. The van der Waals surface area contributed by atoms with E-state index in [1.807, 2.05) is 6.92 Å². The molecule has 2 N–H and O–H groups in total. The van der Waals surface area contributed by atoms with Crippen molar-refractivity contribution >= 4 is 5.78 Å². The van der Waals surface area contributed by atoms with Gasteiger partial charge >= 0.3 is 0 Å². The SMILES string of the molecule is CC(C)C1CCC(C)(O)C2CCC(C)(O)C2C1=O. The molecule has 104 valence electrons. The monoisotopic (exact) mass is 254 g/mol. The summed E-state index contributed by atoms with van der Waals surface area (Å²) in [5, 5.41) is 21.1. The summed E-state index contributed by atoms with van der Waals surface area (Å²) < 4.78 is 0. The van der Waals surface area contributed by atoms with Gasteiger partial charge in [0.1, 0.15) is 5.78 Å². The summed E-state index contributed by atoms with van der Waals surface area (Å²) in [6.45, 7) is 7.71. The normalized spacial score (nSPS) is 49.3. The Morgan fingerprint density at radius 1 is 1.11 bits per heavy atom. The smallest absolute Gasteiger partial charge is 0.142 e. The zero-order valence-corrected chi connectivity index (χ0v) is 11.9. The van der Waals surface area contributed by atoms with Gasteiger partial charge in [0.2, 0.25) is 0 Å². The van der Waals surface area contributed by atoms with Gasteiger partial charge in [0.15, 0.2) is 0 Å². The van der Waals surface area contributed by atoms with E-state index in [9.17, 15) is 15.0 Å². The van der Waals surface area contributed by atoms with E-state index in [2.05, 4.69) is 13.8 Å². The summed E-state index contributed by atoms with van der Waals surface area (Å²) in [6.07, 6.45) is 2.78. The third kappa shape index (κ3) is 2.12. The molecule has 5 unspecified atom stereocenters. The van der Waals surface area contributed by atoms with Gasteiger partial charge in [-0.25, -0.2) is 0 Å². The first-order valence-corrected chi connectivity index (χ1v) is 7.15. The molecule has 2 fully saturated rings. The Kier molecular flexibility index (Phi) is 3.35.